The maximum absolute atomic E-state index is 12.0. The summed E-state index contributed by atoms with van der Waals surface area (Å²) >= 11 is 0. The highest BCUT2D eigenvalue weighted by Gasteiger charge is 2.24. The second-order valence-electron chi connectivity index (χ2n) is 8.42. The summed E-state index contributed by atoms with van der Waals surface area (Å²) in [6.45, 7) is 8.02. The van der Waals surface area contributed by atoms with Crippen molar-refractivity contribution in [2.45, 2.75) is 26.6 Å². The van der Waals surface area contributed by atoms with E-state index in [1.165, 1.54) is 17.5 Å². The fourth-order valence-electron chi connectivity index (χ4n) is 4.43. The van der Waals surface area contributed by atoms with Gasteiger partial charge in [-0.3, -0.25) is 4.79 Å². The van der Waals surface area contributed by atoms with Crippen molar-refractivity contribution in [2.24, 2.45) is 7.05 Å². The number of hydrogen-bond acceptors (Lipinski definition) is 5. The molecule has 7 nitrogen and oxygen atoms in total. The number of nitrogens with zero attached hydrogens (tertiary/aromatic N) is 3. The molecule has 1 aliphatic heterocycles. The number of hydrogen-bond donors (Lipinski definition) is 2. The number of nitrogens with one attached hydrogen (secondary N) is 1. The lowest BCUT2D eigenvalue weighted by atomic mass is 9.95. The Morgan fingerprint density at radius 3 is 2.64 bits per heavy atom. The fraction of sp³-hybridized carbons (Fsp3) is 0.192. The molecule has 7 heteroatoms. The zero-order chi connectivity index (χ0) is 23.3. The summed E-state index contributed by atoms with van der Waals surface area (Å²) < 4.78 is 7.85. The van der Waals surface area contributed by atoms with E-state index in [1.807, 2.05) is 35.9 Å². The van der Waals surface area contributed by atoms with Crippen molar-refractivity contribution in [2.75, 3.05) is 11.1 Å². The molecule has 33 heavy (non-hydrogen) atoms. The van der Waals surface area contributed by atoms with Gasteiger partial charge in [0.25, 0.3) is 5.91 Å². The Morgan fingerprint density at radius 1 is 1.18 bits per heavy atom. The number of carbonyl (C=O) groups excluding carboxylic acids is 1. The SMILES string of the molecule is C=C(C)C(=O)Nc1ccc(-c2c(-c3ccc4c(c3)CO[C@H]4C)c3c(N)ncnc3n2C)cc1. The highest BCUT2D eigenvalue weighted by Crippen LogP contribution is 2.43. The van der Waals surface area contributed by atoms with Crippen molar-refractivity contribution in [3.63, 3.8) is 0 Å². The van der Waals surface area contributed by atoms with Gasteiger partial charge in [0.2, 0.25) is 0 Å². The lowest BCUT2D eigenvalue weighted by molar-refractivity contribution is -0.112. The van der Waals surface area contributed by atoms with Crippen LogP contribution in [0.15, 0.2) is 60.9 Å². The van der Waals surface area contributed by atoms with Crippen LogP contribution in [0.1, 0.15) is 31.1 Å². The average molecular weight is 440 g/mol. The van der Waals surface area contributed by atoms with Gasteiger partial charge in [-0.15, -0.1) is 0 Å². The molecule has 0 saturated heterocycles. The molecule has 0 saturated carbocycles. The standard InChI is InChI=1S/C26H25N5O2/c1-14(2)26(32)30-19-8-5-16(6-9-19)23-21(22-24(27)28-13-29-25(22)31(23)4)17-7-10-20-15(3)33-12-18(20)11-17/h5-11,13,15H,1,12H2,2-4H3,(H,30,32)(H2,27,28,29)/t15-/m0/s1. The van der Waals surface area contributed by atoms with Crippen molar-refractivity contribution >= 4 is 28.4 Å². The molecule has 3 heterocycles. The zero-order valence-electron chi connectivity index (χ0n) is 18.8. The number of nitrogen functional groups attached to an aromatic ring is 1. The van der Waals surface area contributed by atoms with Gasteiger partial charge < -0.3 is 20.4 Å². The Hall–Kier alpha value is -3.97. The van der Waals surface area contributed by atoms with E-state index in [0.717, 1.165) is 33.4 Å². The van der Waals surface area contributed by atoms with Gasteiger partial charge in [-0.25, -0.2) is 9.97 Å². The highest BCUT2D eigenvalue weighted by molar-refractivity contribution is 6.08. The molecule has 1 atom stereocenters. The van der Waals surface area contributed by atoms with Crippen LogP contribution in [-0.2, 0) is 23.2 Å². The quantitative estimate of drug-likeness (QED) is 0.437. The van der Waals surface area contributed by atoms with E-state index in [9.17, 15) is 4.79 Å². The largest absolute Gasteiger partial charge is 0.383 e. The smallest absolute Gasteiger partial charge is 0.250 e. The molecule has 0 aliphatic carbocycles. The van der Waals surface area contributed by atoms with Gasteiger partial charge in [0, 0.05) is 23.9 Å². The number of benzene rings is 2. The van der Waals surface area contributed by atoms with Crippen LogP contribution in [0.2, 0.25) is 0 Å². The van der Waals surface area contributed by atoms with E-state index in [0.29, 0.717) is 23.7 Å². The Balaban J connectivity index is 1.69. The number of rotatable bonds is 4. The number of aryl methyl sites for hydroxylation is 1. The van der Waals surface area contributed by atoms with Crippen LogP contribution < -0.4 is 11.1 Å². The Labute approximate surface area is 191 Å². The van der Waals surface area contributed by atoms with Crippen LogP contribution in [0.3, 0.4) is 0 Å². The van der Waals surface area contributed by atoms with Gasteiger partial charge in [0.15, 0.2) is 0 Å². The third kappa shape index (κ3) is 3.47. The van der Waals surface area contributed by atoms with Crippen molar-refractivity contribution in [1.29, 1.82) is 0 Å². The summed E-state index contributed by atoms with van der Waals surface area (Å²) in [6.07, 6.45) is 1.58. The van der Waals surface area contributed by atoms with Crippen LogP contribution in [0.25, 0.3) is 33.4 Å². The van der Waals surface area contributed by atoms with E-state index in [4.69, 9.17) is 10.5 Å². The maximum atomic E-state index is 12.0. The van der Waals surface area contributed by atoms with E-state index < -0.39 is 0 Å². The maximum Gasteiger partial charge on any atom is 0.250 e. The molecule has 0 fully saturated rings. The number of anilines is 2. The minimum Gasteiger partial charge on any atom is -0.383 e. The van der Waals surface area contributed by atoms with Crippen molar-refractivity contribution < 1.29 is 9.53 Å². The van der Waals surface area contributed by atoms with Crippen LogP contribution >= 0.6 is 0 Å². The molecular formula is C26H25N5O2. The molecule has 0 radical (unpaired) electrons. The minimum atomic E-state index is -0.203. The molecule has 1 aliphatic rings. The van der Waals surface area contributed by atoms with Gasteiger partial charge >= 0.3 is 0 Å². The molecule has 0 unspecified atom stereocenters. The van der Waals surface area contributed by atoms with Crippen LogP contribution in [0.4, 0.5) is 11.5 Å². The lowest BCUT2D eigenvalue weighted by Crippen LogP contribution is -2.11. The number of nitrogens with two attached hydrogens (primary N) is 1. The highest BCUT2D eigenvalue weighted by atomic mass is 16.5. The average Bonchev–Trinajstić information content (AvgIpc) is 3.32. The second-order valence-corrected chi connectivity index (χ2v) is 8.42. The van der Waals surface area contributed by atoms with E-state index in [1.54, 1.807) is 6.92 Å². The molecule has 2 aromatic carbocycles. The van der Waals surface area contributed by atoms with Crippen molar-refractivity contribution in [3.05, 3.63) is 72.1 Å². The molecular weight excluding hydrogens is 414 g/mol. The normalized spacial score (nSPS) is 14.9. The lowest BCUT2D eigenvalue weighted by Gasteiger charge is -2.12. The first-order valence-electron chi connectivity index (χ1n) is 10.8. The first-order valence-corrected chi connectivity index (χ1v) is 10.8. The predicted octanol–water partition coefficient (Wildman–Crippen LogP) is 4.99. The third-order valence-electron chi connectivity index (χ3n) is 6.16. The number of fused-ring (bicyclic) bond motifs is 2. The summed E-state index contributed by atoms with van der Waals surface area (Å²) in [6, 6.07) is 14.1. The Bertz CT molecular complexity index is 1420. The van der Waals surface area contributed by atoms with Crippen molar-refractivity contribution in [1.82, 2.24) is 14.5 Å². The molecule has 166 valence electrons. The van der Waals surface area contributed by atoms with Crippen LogP contribution in [0.5, 0.6) is 0 Å². The first kappa shape index (κ1) is 20.9. The number of amides is 1. The topological polar surface area (TPSA) is 95.1 Å². The number of carbonyl (C=O) groups is 1. The van der Waals surface area contributed by atoms with Gasteiger partial charge in [0.05, 0.1) is 23.8 Å². The summed E-state index contributed by atoms with van der Waals surface area (Å²) in [5, 5.41) is 3.67. The third-order valence-corrected chi connectivity index (χ3v) is 6.16. The van der Waals surface area contributed by atoms with E-state index >= 15 is 0 Å². The summed E-state index contributed by atoms with van der Waals surface area (Å²) in [5.74, 6) is 0.234. The molecule has 3 N–H and O–H groups in total. The molecule has 0 bridgehead atoms. The van der Waals surface area contributed by atoms with Crippen LogP contribution in [-0.4, -0.2) is 20.4 Å². The summed E-state index contributed by atoms with van der Waals surface area (Å²) in [4.78, 5) is 20.8. The number of aromatic nitrogens is 3. The van der Waals surface area contributed by atoms with Crippen LogP contribution in [0, 0.1) is 0 Å². The fourth-order valence-corrected chi connectivity index (χ4v) is 4.43. The second kappa shape index (κ2) is 7.86. The first-order chi connectivity index (χ1) is 15.8. The molecule has 4 aromatic rings. The molecule has 2 aromatic heterocycles. The Morgan fingerprint density at radius 2 is 1.91 bits per heavy atom. The van der Waals surface area contributed by atoms with Gasteiger partial charge in [-0.05, 0) is 54.3 Å². The van der Waals surface area contributed by atoms with Gasteiger partial charge in [-0.2, -0.15) is 0 Å². The summed E-state index contributed by atoms with van der Waals surface area (Å²) in [7, 11) is 1.98. The van der Waals surface area contributed by atoms with Gasteiger partial charge in [0.1, 0.15) is 17.8 Å². The minimum absolute atomic E-state index is 0.0939. The van der Waals surface area contributed by atoms with Gasteiger partial charge in [-0.1, -0.05) is 30.8 Å². The van der Waals surface area contributed by atoms with E-state index in [2.05, 4.69) is 47.0 Å². The van der Waals surface area contributed by atoms with E-state index in [-0.39, 0.29) is 12.0 Å². The monoisotopic (exact) mass is 439 g/mol. The molecule has 5 rings (SSSR count). The number of ether oxygens (including phenoxy) is 1. The van der Waals surface area contributed by atoms with Crippen molar-refractivity contribution in [3.8, 4) is 22.4 Å². The summed E-state index contributed by atoms with van der Waals surface area (Å²) in [5.41, 5.74) is 14.6. The zero-order valence-corrected chi connectivity index (χ0v) is 18.8. The Kier molecular flexibility index (Phi) is 4.98. The molecule has 1 amide bonds. The molecule has 0 spiro atoms. The predicted molar refractivity (Wildman–Crippen MR) is 130 cm³/mol.